The van der Waals surface area contributed by atoms with E-state index in [0.717, 1.165) is 0 Å². The van der Waals surface area contributed by atoms with E-state index in [2.05, 4.69) is 18.6 Å². The van der Waals surface area contributed by atoms with Gasteiger partial charge in [-0.2, -0.15) is 0 Å². The quantitative estimate of drug-likeness (QED) is 0.594. The SMILES string of the molecule is CC(c1ccc(OC(F)(F)F)cc1)N1CCC2(CCC3(CC2)OCC(C)(C)CO3)OC1=O. The highest BCUT2D eigenvalue weighted by Crippen LogP contribution is 2.47. The summed E-state index contributed by atoms with van der Waals surface area (Å²) in [5.74, 6) is -0.863. The number of halogens is 3. The summed E-state index contributed by atoms with van der Waals surface area (Å²) < 4.78 is 59.1. The predicted molar refractivity (Wildman–Crippen MR) is 109 cm³/mol. The Morgan fingerprint density at radius 2 is 1.59 bits per heavy atom. The number of ether oxygens (including phenoxy) is 4. The first kappa shape index (κ1) is 23.2. The second kappa shape index (κ2) is 8.09. The largest absolute Gasteiger partial charge is 0.573 e. The second-order valence-electron chi connectivity index (χ2n) is 9.94. The third kappa shape index (κ3) is 4.98. The first-order valence-electron chi connectivity index (χ1n) is 11.0. The number of carbonyl (C=O) groups excluding carboxylic acids is 1. The van der Waals surface area contributed by atoms with Gasteiger partial charge in [-0.25, -0.2) is 4.79 Å². The Balaban J connectivity index is 1.34. The van der Waals surface area contributed by atoms with Crippen LogP contribution in [0, 0.1) is 5.41 Å². The molecule has 2 heterocycles. The molecule has 1 saturated carbocycles. The molecule has 1 atom stereocenters. The van der Waals surface area contributed by atoms with E-state index in [4.69, 9.17) is 14.2 Å². The maximum atomic E-state index is 12.9. The monoisotopic (exact) mass is 457 g/mol. The number of nitrogens with zero attached hydrogens (tertiary/aromatic N) is 1. The molecule has 2 saturated heterocycles. The summed E-state index contributed by atoms with van der Waals surface area (Å²) in [4.78, 5) is 14.5. The molecule has 6 nitrogen and oxygen atoms in total. The third-order valence-corrected chi connectivity index (χ3v) is 6.79. The van der Waals surface area contributed by atoms with Crippen LogP contribution in [0.1, 0.15) is 64.5 Å². The standard InChI is InChI=1S/C23H30F3NO5/c1-16(17-4-6-18(7-5-17)31-23(24,25)26)27-13-12-21(32-19(27)28)8-10-22(11-9-21)29-14-20(2,3)15-30-22/h4-7,16H,8-15H2,1-3H3. The van der Waals surface area contributed by atoms with Gasteiger partial charge in [0.05, 0.1) is 19.3 Å². The lowest BCUT2D eigenvalue weighted by Crippen LogP contribution is -2.56. The van der Waals surface area contributed by atoms with Crippen molar-refractivity contribution in [3.8, 4) is 5.75 Å². The number of benzene rings is 1. The van der Waals surface area contributed by atoms with Crippen molar-refractivity contribution in [3.05, 3.63) is 29.8 Å². The summed E-state index contributed by atoms with van der Waals surface area (Å²) in [6.07, 6.45) is -1.70. The van der Waals surface area contributed by atoms with Crippen LogP contribution in [-0.4, -0.2) is 48.5 Å². The molecule has 1 amide bonds. The van der Waals surface area contributed by atoms with Crippen molar-refractivity contribution in [2.24, 2.45) is 5.41 Å². The molecular formula is C23H30F3NO5. The first-order chi connectivity index (χ1) is 14.9. The summed E-state index contributed by atoms with van der Waals surface area (Å²) in [6.45, 7) is 7.87. The minimum absolute atomic E-state index is 0.00536. The molecule has 1 unspecified atom stereocenters. The topological polar surface area (TPSA) is 57.2 Å². The van der Waals surface area contributed by atoms with Crippen molar-refractivity contribution >= 4 is 6.09 Å². The number of hydrogen-bond donors (Lipinski definition) is 0. The van der Waals surface area contributed by atoms with Crippen molar-refractivity contribution in [2.45, 2.75) is 76.7 Å². The Kier molecular flexibility index (Phi) is 5.86. The van der Waals surface area contributed by atoms with Crippen LogP contribution in [0.2, 0.25) is 0 Å². The van der Waals surface area contributed by atoms with Crippen LogP contribution in [0.15, 0.2) is 24.3 Å². The van der Waals surface area contributed by atoms with Crippen molar-refractivity contribution in [3.63, 3.8) is 0 Å². The first-order valence-corrected chi connectivity index (χ1v) is 11.0. The van der Waals surface area contributed by atoms with Gasteiger partial charge in [0.2, 0.25) is 0 Å². The Bertz CT molecular complexity index is 819. The van der Waals surface area contributed by atoms with Crippen molar-refractivity contribution in [1.82, 2.24) is 4.90 Å². The van der Waals surface area contributed by atoms with Crippen molar-refractivity contribution in [2.75, 3.05) is 19.8 Å². The van der Waals surface area contributed by atoms with Gasteiger partial charge in [-0.15, -0.1) is 13.2 Å². The molecule has 3 fully saturated rings. The van der Waals surface area contributed by atoms with Crippen LogP contribution in [0.4, 0.5) is 18.0 Å². The average molecular weight is 457 g/mol. The lowest BCUT2D eigenvalue weighted by Gasteiger charge is -2.51. The van der Waals surface area contributed by atoms with E-state index >= 15 is 0 Å². The highest BCUT2D eigenvalue weighted by Gasteiger charge is 2.51. The summed E-state index contributed by atoms with van der Waals surface area (Å²) in [5, 5.41) is 0. The van der Waals surface area contributed by atoms with Crippen LogP contribution in [0.3, 0.4) is 0 Å². The summed E-state index contributed by atoms with van der Waals surface area (Å²) in [7, 11) is 0. The number of alkyl halides is 3. The molecule has 2 aliphatic heterocycles. The highest BCUT2D eigenvalue weighted by molar-refractivity contribution is 5.70. The van der Waals surface area contributed by atoms with Gasteiger partial charge < -0.3 is 23.8 Å². The minimum atomic E-state index is -4.74. The van der Waals surface area contributed by atoms with Gasteiger partial charge in [-0.1, -0.05) is 26.0 Å². The van der Waals surface area contributed by atoms with E-state index in [-0.39, 0.29) is 17.2 Å². The van der Waals surface area contributed by atoms with Crippen molar-refractivity contribution in [1.29, 1.82) is 0 Å². The van der Waals surface area contributed by atoms with E-state index in [1.807, 2.05) is 6.92 Å². The van der Waals surface area contributed by atoms with E-state index in [1.165, 1.54) is 24.3 Å². The second-order valence-corrected chi connectivity index (χ2v) is 9.94. The molecule has 4 rings (SSSR count). The van der Waals surface area contributed by atoms with Crippen LogP contribution >= 0.6 is 0 Å². The molecule has 32 heavy (non-hydrogen) atoms. The summed E-state index contributed by atoms with van der Waals surface area (Å²) in [6, 6.07) is 5.24. The molecule has 1 aromatic rings. The maximum Gasteiger partial charge on any atom is 0.573 e. The fraction of sp³-hybridized carbons (Fsp3) is 0.696. The molecule has 2 spiro atoms. The lowest BCUT2D eigenvalue weighted by molar-refractivity contribution is -0.320. The molecule has 0 radical (unpaired) electrons. The average Bonchev–Trinajstić information content (AvgIpc) is 2.72. The highest BCUT2D eigenvalue weighted by atomic mass is 19.4. The normalized spacial score (nSPS) is 25.4. The molecule has 178 valence electrons. The van der Waals surface area contributed by atoms with Gasteiger partial charge in [-0.05, 0) is 37.5 Å². The Morgan fingerprint density at radius 1 is 1.00 bits per heavy atom. The van der Waals surface area contributed by atoms with Crippen LogP contribution in [0.25, 0.3) is 0 Å². The fourth-order valence-electron chi connectivity index (χ4n) is 4.65. The van der Waals surface area contributed by atoms with Gasteiger partial charge >= 0.3 is 12.5 Å². The zero-order valence-electron chi connectivity index (χ0n) is 18.7. The molecule has 0 bridgehead atoms. The number of rotatable bonds is 3. The zero-order chi connectivity index (χ0) is 23.2. The Morgan fingerprint density at radius 3 is 2.12 bits per heavy atom. The van der Waals surface area contributed by atoms with Crippen LogP contribution < -0.4 is 4.74 Å². The molecule has 9 heteroatoms. The summed E-state index contributed by atoms with van der Waals surface area (Å²) in [5.41, 5.74) is 0.204. The molecule has 1 aliphatic carbocycles. The van der Waals surface area contributed by atoms with Gasteiger partial charge in [0.1, 0.15) is 11.4 Å². The molecule has 0 aromatic heterocycles. The number of hydrogen-bond acceptors (Lipinski definition) is 5. The number of carbonyl (C=O) groups is 1. The van der Waals surface area contributed by atoms with Gasteiger partial charge in [0, 0.05) is 31.2 Å². The third-order valence-electron chi connectivity index (χ3n) is 6.79. The maximum absolute atomic E-state index is 12.9. The molecule has 3 aliphatic rings. The minimum Gasteiger partial charge on any atom is -0.443 e. The fourth-order valence-corrected chi connectivity index (χ4v) is 4.65. The Hall–Kier alpha value is -2.00. The van der Waals surface area contributed by atoms with Crippen molar-refractivity contribution < 1.29 is 36.9 Å². The smallest absolute Gasteiger partial charge is 0.443 e. The van der Waals surface area contributed by atoms with E-state index in [1.54, 1.807) is 4.90 Å². The lowest BCUT2D eigenvalue weighted by atomic mass is 9.77. The van der Waals surface area contributed by atoms with Crippen LogP contribution in [0.5, 0.6) is 5.75 Å². The van der Waals surface area contributed by atoms with Gasteiger partial charge in [0.15, 0.2) is 5.79 Å². The molecule has 0 N–H and O–H groups in total. The summed E-state index contributed by atoms with van der Waals surface area (Å²) >= 11 is 0. The van der Waals surface area contributed by atoms with Crippen LogP contribution in [-0.2, 0) is 14.2 Å². The van der Waals surface area contributed by atoms with E-state index in [9.17, 15) is 18.0 Å². The van der Waals surface area contributed by atoms with Gasteiger partial charge in [-0.3, -0.25) is 0 Å². The molecular weight excluding hydrogens is 427 g/mol. The Labute approximate surface area is 185 Å². The van der Waals surface area contributed by atoms with Gasteiger partial charge in [0.25, 0.3) is 0 Å². The zero-order valence-corrected chi connectivity index (χ0v) is 18.7. The van der Waals surface area contributed by atoms with E-state index in [0.29, 0.717) is 57.4 Å². The van der Waals surface area contributed by atoms with E-state index < -0.39 is 23.8 Å². The number of amides is 1. The molecule has 1 aromatic carbocycles. The predicted octanol–water partition coefficient (Wildman–Crippen LogP) is 5.57.